The molecule has 1 saturated heterocycles. The summed E-state index contributed by atoms with van der Waals surface area (Å²) in [6, 6.07) is 4.52. The van der Waals surface area contributed by atoms with Gasteiger partial charge in [-0.15, -0.1) is 23.1 Å². The minimum Gasteiger partial charge on any atom is -0.477 e. The summed E-state index contributed by atoms with van der Waals surface area (Å²) in [6.45, 7) is 8.65. The third-order valence-electron chi connectivity index (χ3n) is 6.26. The average molecular weight is 588 g/mol. The largest absolute Gasteiger partial charge is 0.477 e. The predicted octanol–water partition coefficient (Wildman–Crippen LogP) is 1.57. The van der Waals surface area contributed by atoms with Crippen molar-refractivity contribution in [3.05, 3.63) is 52.9 Å². The molecule has 0 bridgehead atoms. The van der Waals surface area contributed by atoms with E-state index in [0.29, 0.717) is 17.9 Å². The number of thioether (sulfide) groups is 1. The van der Waals surface area contributed by atoms with Gasteiger partial charge in [0.05, 0.1) is 0 Å². The number of oxime groups is 1. The Morgan fingerprint density at radius 2 is 1.90 bits per heavy atom. The number of nitrogens with zero attached hydrogens (tertiary/aromatic N) is 4. The van der Waals surface area contributed by atoms with Gasteiger partial charge in [-0.25, -0.2) is 14.3 Å². The summed E-state index contributed by atoms with van der Waals surface area (Å²) in [5.41, 5.74) is 4.04. The lowest BCUT2D eigenvalue weighted by Gasteiger charge is -2.49. The Kier molecular flexibility index (Phi) is 8.04. The van der Waals surface area contributed by atoms with Gasteiger partial charge in [0, 0.05) is 34.3 Å². The minimum atomic E-state index is -1.36. The maximum Gasteiger partial charge on any atom is 0.352 e. The normalized spacial score (nSPS) is 19.6. The zero-order valence-electron chi connectivity index (χ0n) is 22.7. The minimum absolute atomic E-state index is 0.0810. The number of carboxylic acids is 1. The molecule has 0 unspecified atom stereocenters. The molecule has 2 amide bonds. The van der Waals surface area contributed by atoms with Crippen molar-refractivity contribution in [1.82, 2.24) is 15.2 Å². The first kappa shape index (κ1) is 29.2. The Morgan fingerprint density at radius 1 is 1.23 bits per heavy atom. The highest BCUT2D eigenvalue weighted by atomic mass is 32.2. The monoisotopic (exact) mass is 587 g/mol. The number of aromatic nitrogens is 2. The van der Waals surface area contributed by atoms with Crippen molar-refractivity contribution >= 4 is 57.5 Å². The Bertz CT molecular complexity index is 1410. The average Bonchev–Trinajstić information content (AvgIpc) is 3.32. The molecule has 2 aromatic heterocycles. The van der Waals surface area contributed by atoms with Crippen LogP contribution in [0.4, 0.5) is 5.13 Å². The van der Waals surface area contributed by atoms with Crippen molar-refractivity contribution in [2.24, 2.45) is 10.6 Å². The number of amides is 2. The number of fused-ring (bicyclic) bond motifs is 1. The number of nitrogens with one attached hydrogen (secondary N) is 1. The number of carbonyl (C=O) groups is 4. The van der Waals surface area contributed by atoms with Crippen molar-refractivity contribution in [2.45, 2.75) is 58.2 Å². The van der Waals surface area contributed by atoms with Crippen LogP contribution in [-0.4, -0.2) is 67.0 Å². The van der Waals surface area contributed by atoms with E-state index in [1.54, 1.807) is 34.6 Å². The van der Waals surface area contributed by atoms with E-state index in [0.717, 1.165) is 11.3 Å². The summed E-state index contributed by atoms with van der Waals surface area (Å²) < 4.78 is 1.83. The zero-order valence-corrected chi connectivity index (χ0v) is 24.3. The van der Waals surface area contributed by atoms with Gasteiger partial charge in [-0.1, -0.05) is 32.0 Å². The van der Waals surface area contributed by atoms with Crippen LogP contribution in [0.2, 0.25) is 0 Å². The second-order valence-electron chi connectivity index (χ2n) is 10.9. The van der Waals surface area contributed by atoms with Gasteiger partial charge in [0.2, 0.25) is 0 Å². The Hall–Kier alpha value is -3.78. The Morgan fingerprint density at radius 3 is 2.48 bits per heavy atom. The molecule has 40 heavy (non-hydrogen) atoms. The van der Waals surface area contributed by atoms with Gasteiger partial charge in [-0.3, -0.25) is 19.3 Å². The van der Waals surface area contributed by atoms with E-state index in [-0.39, 0.29) is 28.0 Å². The van der Waals surface area contributed by atoms with Crippen molar-refractivity contribution in [3.8, 4) is 0 Å². The van der Waals surface area contributed by atoms with Crippen LogP contribution in [0.5, 0.6) is 0 Å². The van der Waals surface area contributed by atoms with E-state index in [1.807, 2.05) is 35.2 Å². The van der Waals surface area contributed by atoms with Crippen molar-refractivity contribution < 1.29 is 33.7 Å². The first-order valence-corrected chi connectivity index (χ1v) is 14.3. The van der Waals surface area contributed by atoms with E-state index >= 15 is 0 Å². The van der Waals surface area contributed by atoms with Crippen molar-refractivity contribution in [3.63, 3.8) is 0 Å². The Labute approximate surface area is 239 Å². The zero-order chi connectivity index (χ0) is 29.4. The first-order valence-electron chi connectivity index (χ1n) is 12.4. The molecular formula is C26H31N6O6S2+. The molecule has 0 radical (unpaired) electrons. The molecule has 2 aliphatic rings. The number of nitrogen functional groups attached to an aromatic ring is 1. The van der Waals surface area contributed by atoms with Gasteiger partial charge in [0.1, 0.15) is 22.8 Å². The third-order valence-corrected chi connectivity index (χ3v) is 8.27. The number of rotatable bonds is 9. The molecule has 0 saturated carbocycles. The van der Waals surface area contributed by atoms with Gasteiger partial charge in [-0.2, -0.15) is 0 Å². The third kappa shape index (κ3) is 5.87. The number of nitrogens with two attached hydrogens (primary N) is 1. The standard InChI is InChI=1S/C26H30N6O6S2/c1-25(2,3)23(37)26(4,5)38-30-16(15-13-40-24(27)28-15)19(33)29-17-20(34)32-18(22(35)36)14(12-39-21(17)32)11-31-9-7-6-8-10-31/h6-10,13,17,21H,11-12H2,1-5H3,(H3-,27,28,29,33,35,36)/p+1/b30-16-/t17-,21-/m1/s1. The van der Waals surface area contributed by atoms with Gasteiger partial charge in [-0.05, 0) is 13.8 Å². The summed E-state index contributed by atoms with van der Waals surface area (Å²) >= 11 is 2.44. The second kappa shape index (κ2) is 11.0. The molecule has 2 aromatic rings. The summed E-state index contributed by atoms with van der Waals surface area (Å²) in [7, 11) is 0. The topological polar surface area (TPSA) is 168 Å². The molecule has 2 aliphatic heterocycles. The van der Waals surface area contributed by atoms with Crippen LogP contribution in [0.1, 0.15) is 40.3 Å². The molecule has 4 heterocycles. The summed E-state index contributed by atoms with van der Waals surface area (Å²) in [5.74, 6) is -2.41. The highest BCUT2D eigenvalue weighted by Crippen LogP contribution is 2.40. The van der Waals surface area contributed by atoms with Gasteiger partial charge in [0.25, 0.3) is 11.8 Å². The number of carboxylic acid groups (broad SMARTS) is 1. The number of pyridine rings is 1. The SMILES string of the molecule is CC(C)(C)C(=O)C(C)(C)O/N=C(\C(=O)N[C@@H]1C(=O)N2C(C(=O)O)=C(C[n+]3ccccc3)CS[C@H]12)c1csc(N)n1. The molecular weight excluding hydrogens is 556 g/mol. The van der Waals surface area contributed by atoms with E-state index in [9.17, 15) is 24.3 Å². The van der Waals surface area contributed by atoms with E-state index in [2.05, 4.69) is 15.5 Å². The lowest BCUT2D eigenvalue weighted by Crippen LogP contribution is -2.71. The maximum atomic E-state index is 13.4. The number of thiazole rings is 1. The van der Waals surface area contributed by atoms with Crippen LogP contribution in [0, 0.1) is 5.41 Å². The molecule has 2 atom stereocenters. The lowest BCUT2D eigenvalue weighted by atomic mass is 9.82. The molecule has 212 valence electrons. The number of hydrogen-bond donors (Lipinski definition) is 3. The predicted molar refractivity (Wildman–Crippen MR) is 149 cm³/mol. The van der Waals surface area contributed by atoms with E-state index < -0.39 is 40.2 Å². The maximum absolute atomic E-state index is 13.4. The van der Waals surface area contributed by atoms with Crippen LogP contribution in [0.25, 0.3) is 0 Å². The van der Waals surface area contributed by atoms with Gasteiger partial charge in [0.15, 0.2) is 41.2 Å². The summed E-state index contributed by atoms with van der Waals surface area (Å²) in [4.78, 5) is 62.5. The van der Waals surface area contributed by atoms with E-state index in [4.69, 9.17) is 10.6 Å². The molecule has 4 rings (SSSR count). The van der Waals surface area contributed by atoms with Crippen LogP contribution >= 0.6 is 23.1 Å². The molecule has 1 fully saturated rings. The fraction of sp³-hybridized carbons (Fsp3) is 0.423. The molecule has 0 spiro atoms. The number of carbonyl (C=O) groups excluding carboxylic acids is 3. The fourth-order valence-electron chi connectivity index (χ4n) is 4.48. The molecule has 12 nitrogen and oxygen atoms in total. The Balaban J connectivity index is 1.56. The highest BCUT2D eigenvalue weighted by molar-refractivity contribution is 8.00. The summed E-state index contributed by atoms with van der Waals surface area (Å²) in [6.07, 6.45) is 3.63. The number of Topliss-reactive ketones (excluding diaryl/α,β-unsaturated/α-hetero) is 1. The van der Waals surface area contributed by atoms with E-state index in [1.165, 1.54) is 22.0 Å². The first-order chi connectivity index (χ1) is 18.7. The van der Waals surface area contributed by atoms with Gasteiger partial charge < -0.3 is 21.0 Å². The van der Waals surface area contributed by atoms with Gasteiger partial charge >= 0.3 is 5.97 Å². The number of β-lactam (4-membered cyclic amide) rings is 1. The van der Waals surface area contributed by atoms with Crippen LogP contribution < -0.4 is 15.6 Å². The van der Waals surface area contributed by atoms with Crippen molar-refractivity contribution in [2.75, 3.05) is 11.5 Å². The lowest BCUT2D eigenvalue weighted by molar-refractivity contribution is -0.689. The molecule has 4 N–H and O–H groups in total. The summed E-state index contributed by atoms with van der Waals surface area (Å²) in [5, 5.41) is 17.7. The quantitative estimate of drug-likeness (QED) is 0.171. The number of ketones is 1. The number of aliphatic carboxylic acids is 1. The number of hydrogen-bond acceptors (Lipinski definition) is 10. The van der Waals surface area contributed by atoms with Crippen molar-refractivity contribution in [1.29, 1.82) is 0 Å². The smallest absolute Gasteiger partial charge is 0.352 e. The number of anilines is 1. The van der Waals surface area contributed by atoms with Crippen LogP contribution in [0.3, 0.4) is 0 Å². The molecule has 0 aromatic carbocycles. The fourth-order valence-corrected chi connectivity index (χ4v) is 6.36. The molecule has 0 aliphatic carbocycles. The van der Waals surface area contributed by atoms with Crippen LogP contribution in [-0.2, 0) is 30.6 Å². The highest BCUT2D eigenvalue weighted by Gasteiger charge is 2.55. The van der Waals surface area contributed by atoms with Crippen LogP contribution in [0.15, 0.2) is 52.4 Å². The second-order valence-corrected chi connectivity index (χ2v) is 12.9. The molecule has 14 heteroatoms.